The topological polar surface area (TPSA) is 12.4 Å². The molecule has 0 aromatic rings. The number of hydrogen-bond acceptors (Lipinski definition) is 1. The molecule has 0 bridgehead atoms. The minimum atomic E-state index is 0.225. The molecule has 0 radical (unpaired) electrons. The summed E-state index contributed by atoms with van der Waals surface area (Å²) in [5, 5.41) is 0.463. The van der Waals surface area contributed by atoms with Crippen molar-refractivity contribution in [2.75, 3.05) is 6.00 Å². The van der Waals surface area contributed by atoms with E-state index < -0.39 is 0 Å². The van der Waals surface area contributed by atoms with Gasteiger partial charge in [-0.25, -0.2) is 0 Å². The molecule has 0 saturated heterocycles. The quantitative estimate of drug-likeness (QED) is 0.339. The van der Waals surface area contributed by atoms with E-state index in [1.165, 1.54) is 0 Å². The van der Waals surface area contributed by atoms with Gasteiger partial charge in [-0.05, 0) is 19.9 Å². The molecule has 0 fully saturated rings. The van der Waals surface area contributed by atoms with Crippen LogP contribution in [0.2, 0.25) is 0 Å². The molecule has 0 saturated carbocycles. The van der Waals surface area contributed by atoms with Crippen LogP contribution < -0.4 is 0 Å². The monoisotopic (exact) mass is 165 g/mol. The molecule has 1 nitrogen and oxygen atoms in total. The summed E-state index contributed by atoms with van der Waals surface area (Å²) in [5.41, 5.74) is 1.12. The van der Waals surface area contributed by atoms with E-state index in [2.05, 4.69) is 4.99 Å². The van der Waals surface area contributed by atoms with Crippen molar-refractivity contribution in [1.29, 1.82) is 0 Å². The van der Waals surface area contributed by atoms with Gasteiger partial charge in [-0.2, -0.15) is 0 Å². The van der Waals surface area contributed by atoms with E-state index in [9.17, 15) is 0 Å². The Morgan fingerprint density at radius 3 is 2.44 bits per heavy atom. The SMILES string of the molecule is CC(C)=CC(Cl)=NCCl. The van der Waals surface area contributed by atoms with Crippen LogP contribution in [0, 0.1) is 0 Å². The van der Waals surface area contributed by atoms with E-state index in [1.807, 2.05) is 13.8 Å². The number of hydrogen-bond donors (Lipinski definition) is 0. The molecule has 0 aliphatic heterocycles. The molecule has 0 unspecified atom stereocenters. The Morgan fingerprint density at radius 2 is 2.11 bits per heavy atom. The third kappa shape index (κ3) is 5.87. The standard InChI is InChI=1S/C6H9Cl2N/c1-5(2)3-6(8)9-4-7/h3H,4H2,1-2H3. The second-order valence-corrected chi connectivity index (χ2v) is 2.45. The minimum Gasteiger partial charge on any atom is -0.257 e. The van der Waals surface area contributed by atoms with Crippen molar-refractivity contribution in [3.05, 3.63) is 11.6 Å². The highest BCUT2D eigenvalue weighted by molar-refractivity contribution is 6.68. The fourth-order valence-corrected chi connectivity index (χ4v) is 0.809. The van der Waals surface area contributed by atoms with Gasteiger partial charge in [0.25, 0.3) is 0 Å². The molecule has 0 heterocycles. The van der Waals surface area contributed by atoms with E-state index in [-0.39, 0.29) is 6.00 Å². The van der Waals surface area contributed by atoms with Crippen molar-refractivity contribution in [3.8, 4) is 0 Å². The van der Waals surface area contributed by atoms with Gasteiger partial charge in [0.05, 0.1) is 0 Å². The van der Waals surface area contributed by atoms with Gasteiger partial charge < -0.3 is 0 Å². The van der Waals surface area contributed by atoms with Crippen molar-refractivity contribution < 1.29 is 0 Å². The number of rotatable bonds is 2. The molecular formula is C6H9Cl2N. The van der Waals surface area contributed by atoms with Crippen LogP contribution in [-0.4, -0.2) is 11.2 Å². The maximum absolute atomic E-state index is 5.57. The first-order valence-corrected chi connectivity index (χ1v) is 3.49. The first kappa shape index (κ1) is 8.99. The molecular weight excluding hydrogens is 157 g/mol. The van der Waals surface area contributed by atoms with Crippen LogP contribution >= 0.6 is 23.2 Å². The molecule has 0 N–H and O–H groups in total. The van der Waals surface area contributed by atoms with E-state index in [0.717, 1.165) is 5.57 Å². The van der Waals surface area contributed by atoms with E-state index in [4.69, 9.17) is 23.2 Å². The minimum absolute atomic E-state index is 0.225. The summed E-state index contributed by atoms with van der Waals surface area (Å²) >= 11 is 10.8. The summed E-state index contributed by atoms with van der Waals surface area (Å²) in [6.07, 6.45) is 1.77. The summed E-state index contributed by atoms with van der Waals surface area (Å²) < 4.78 is 0. The molecule has 0 aromatic heterocycles. The van der Waals surface area contributed by atoms with Crippen molar-refractivity contribution in [3.63, 3.8) is 0 Å². The zero-order valence-corrected chi connectivity index (χ0v) is 7.00. The molecule has 0 rings (SSSR count). The molecule has 0 atom stereocenters. The largest absolute Gasteiger partial charge is 0.257 e. The van der Waals surface area contributed by atoms with Gasteiger partial charge in [-0.1, -0.05) is 17.2 Å². The third-order valence-corrected chi connectivity index (χ3v) is 0.967. The second-order valence-electron chi connectivity index (χ2n) is 1.82. The third-order valence-electron chi connectivity index (χ3n) is 0.619. The summed E-state index contributed by atoms with van der Waals surface area (Å²) in [6, 6.07) is 0.225. The zero-order valence-electron chi connectivity index (χ0n) is 5.49. The first-order chi connectivity index (χ1) is 4.16. The smallest absolute Gasteiger partial charge is 0.124 e. The van der Waals surface area contributed by atoms with Crippen molar-refractivity contribution in [2.45, 2.75) is 13.8 Å². The second kappa shape index (κ2) is 4.83. The maximum atomic E-state index is 5.57. The molecule has 0 aliphatic carbocycles. The van der Waals surface area contributed by atoms with E-state index >= 15 is 0 Å². The van der Waals surface area contributed by atoms with Gasteiger partial charge >= 0.3 is 0 Å². The highest BCUT2D eigenvalue weighted by Gasteiger charge is 1.84. The van der Waals surface area contributed by atoms with Crippen LogP contribution in [0.1, 0.15) is 13.8 Å². The Hall–Kier alpha value is -0.0100. The number of alkyl halides is 1. The number of allylic oxidation sites excluding steroid dienone is 2. The molecule has 52 valence electrons. The lowest BCUT2D eigenvalue weighted by Crippen LogP contribution is -1.81. The molecule has 0 spiro atoms. The van der Waals surface area contributed by atoms with E-state index in [1.54, 1.807) is 6.08 Å². The van der Waals surface area contributed by atoms with Gasteiger partial charge in [0.15, 0.2) is 0 Å². The van der Waals surface area contributed by atoms with Gasteiger partial charge in [-0.15, -0.1) is 11.6 Å². The van der Waals surface area contributed by atoms with Gasteiger partial charge in [-0.3, -0.25) is 4.99 Å². The van der Waals surface area contributed by atoms with Crippen LogP contribution in [0.4, 0.5) is 0 Å². The van der Waals surface area contributed by atoms with Gasteiger partial charge in [0, 0.05) is 0 Å². The molecule has 0 aliphatic rings. The fraction of sp³-hybridized carbons (Fsp3) is 0.500. The van der Waals surface area contributed by atoms with Crippen molar-refractivity contribution in [1.82, 2.24) is 0 Å². The average Bonchev–Trinajstić information content (AvgIpc) is 1.63. The normalized spacial score (nSPS) is 11.3. The lowest BCUT2D eigenvalue weighted by atomic mass is 10.3. The van der Waals surface area contributed by atoms with Crippen molar-refractivity contribution >= 4 is 28.4 Å². The highest BCUT2D eigenvalue weighted by atomic mass is 35.5. The van der Waals surface area contributed by atoms with Crippen LogP contribution in [0.25, 0.3) is 0 Å². The summed E-state index contributed by atoms with van der Waals surface area (Å²) in [4.78, 5) is 3.74. The first-order valence-electron chi connectivity index (χ1n) is 2.57. The lowest BCUT2D eigenvalue weighted by molar-refractivity contribution is 1.36. The van der Waals surface area contributed by atoms with Crippen molar-refractivity contribution in [2.24, 2.45) is 4.99 Å². The van der Waals surface area contributed by atoms with E-state index in [0.29, 0.717) is 5.17 Å². The predicted molar refractivity (Wildman–Crippen MR) is 43.4 cm³/mol. The number of aliphatic imine (C=N–C) groups is 1. The number of nitrogens with zero attached hydrogens (tertiary/aromatic N) is 1. The predicted octanol–water partition coefficient (Wildman–Crippen LogP) is 2.79. The summed E-state index contributed by atoms with van der Waals surface area (Å²) in [6.45, 7) is 3.90. The maximum Gasteiger partial charge on any atom is 0.124 e. The molecule has 3 heteroatoms. The van der Waals surface area contributed by atoms with Crippen LogP contribution in [0.15, 0.2) is 16.6 Å². The van der Waals surface area contributed by atoms with Gasteiger partial charge in [0.1, 0.15) is 11.2 Å². The Balaban J connectivity index is 3.90. The Labute approximate surface area is 65.4 Å². The summed E-state index contributed by atoms with van der Waals surface area (Å²) in [7, 11) is 0. The lowest BCUT2D eigenvalue weighted by Gasteiger charge is -1.87. The fourth-order valence-electron chi connectivity index (χ4n) is 0.341. The Kier molecular flexibility index (Phi) is 4.83. The Morgan fingerprint density at radius 1 is 1.56 bits per heavy atom. The molecule has 0 aromatic carbocycles. The van der Waals surface area contributed by atoms with Gasteiger partial charge in [0.2, 0.25) is 0 Å². The Bertz CT molecular complexity index is 134. The van der Waals surface area contributed by atoms with Crippen LogP contribution in [-0.2, 0) is 0 Å². The van der Waals surface area contributed by atoms with Crippen LogP contribution in [0.5, 0.6) is 0 Å². The average molecular weight is 166 g/mol. The highest BCUT2D eigenvalue weighted by Crippen LogP contribution is 1.95. The number of halogens is 2. The molecule has 9 heavy (non-hydrogen) atoms. The summed E-state index contributed by atoms with van der Waals surface area (Å²) in [5.74, 6) is 0. The molecule has 0 amide bonds. The zero-order chi connectivity index (χ0) is 7.28. The van der Waals surface area contributed by atoms with Crippen LogP contribution in [0.3, 0.4) is 0 Å².